The molecule has 3 aromatic rings. The van der Waals surface area contributed by atoms with Crippen molar-refractivity contribution < 1.29 is 26.4 Å². The lowest BCUT2D eigenvalue weighted by atomic mass is 9.86. The van der Waals surface area contributed by atoms with Crippen molar-refractivity contribution in [2.45, 2.75) is 50.5 Å². The van der Waals surface area contributed by atoms with E-state index in [-0.39, 0.29) is 40.4 Å². The van der Waals surface area contributed by atoms with Crippen LogP contribution >= 0.6 is 0 Å². The number of rotatable bonds is 9. The number of nitrogens with zero attached hydrogens (tertiary/aromatic N) is 3. The fourth-order valence-corrected chi connectivity index (χ4v) is 7.50. The number of sulfonamides is 1. The second kappa shape index (κ2) is 11.0. The predicted octanol–water partition coefficient (Wildman–Crippen LogP) is 3.30. The van der Waals surface area contributed by atoms with Gasteiger partial charge >= 0.3 is 5.97 Å². The summed E-state index contributed by atoms with van der Waals surface area (Å²) in [7, 11) is -3.92. The molecule has 0 spiro atoms. The highest BCUT2D eigenvalue weighted by Crippen LogP contribution is 2.37. The number of aromatic nitrogens is 2. The highest BCUT2D eigenvalue weighted by atomic mass is 32.2. The van der Waals surface area contributed by atoms with E-state index in [1.165, 1.54) is 19.4 Å². The summed E-state index contributed by atoms with van der Waals surface area (Å²) in [4.78, 5) is 19.4. The molecular formula is C26H34N4O6S2. The third-order valence-electron chi connectivity index (χ3n) is 7.21. The first-order valence-corrected chi connectivity index (χ1v) is 15.7. The van der Waals surface area contributed by atoms with Gasteiger partial charge in [-0.25, -0.2) is 35.3 Å². The Morgan fingerprint density at radius 2 is 1.76 bits per heavy atom. The maximum atomic E-state index is 13.5. The average molecular weight is 563 g/mol. The van der Waals surface area contributed by atoms with Crippen molar-refractivity contribution in [3.05, 3.63) is 53.9 Å². The lowest BCUT2D eigenvalue weighted by molar-refractivity contribution is 0.0526. The molecule has 1 N–H and O–H groups in total. The van der Waals surface area contributed by atoms with Crippen LogP contribution in [0.1, 0.15) is 48.5 Å². The van der Waals surface area contributed by atoms with Gasteiger partial charge in [-0.1, -0.05) is 17.7 Å². The van der Waals surface area contributed by atoms with Crippen molar-refractivity contribution >= 4 is 42.7 Å². The summed E-state index contributed by atoms with van der Waals surface area (Å²) in [5.74, 6) is -0.390. The number of pyridine rings is 1. The molecule has 0 radical (unpaired) electrons. The topological polar surface area (TPSA) is 128 Å². The van der Waals surface area contributed by atoms with E-state index in [1.54, 1.807) is 37.3 Å². The Morgan fingerprint density at radius 3 is 2.37 bits per heavy atom. The minimum absolute atomic E-state index is 0.0272. The summed E-state index contributed by atoms with van der Waals surface area (Å²) in [6, 6.07) is 8.28. The molecule has 4 rings (SSSR count). The Labute approximate surface area is 224 Å². The van der Waals surface area contributed by atoms with Crippen LogP contribution in [0.5, 0.6) is 0 Å². The van der Waals surface area contributed by atoms with Crippen LogP contribution in [0.15, 0.2) is 47.6 Å². The Bertz CT molecular complexity index is 1520. The number of nitrogens with one attached hydrogen (secondary N) is 1. The molecule has 0 atom stereocenters. The van der Waals surface area contributed by atoms with E-state index in [9.17, 15) is 21.6 Å². The van der Waals surface area contributed by atoms with Gasteiger partial charge in [0.25, 0.3) is 10.0 Å². The van der Waals surface area contributed by atoms with Crippen LogP contribution in [0.25, 0.3) is 11.0 Å². The van der Waals surface area contributed by atoms with Crippen LogP contribution in [0, 0.1) is 12.8 Å². The van der Waals surface area contributed by atoms with Crippen molar-refractivity contribution in [2.24, 2.45) is 5.92 Å². The molecule has 0 saturated heterocycles. The minimum Gasteiger partial charge on any atom is -0.462 e. The first-order chi connectivity index (χ1) is 18.0. The van der Waals surface area contributed by atoms with Gasteiger partial charge < -0.3 is 9.64 Å². The highest BCUT2D eigenvalue weighted by Gasteiger charge is 2.31. The van der Waals surface area contributed by atoms with E-state index in [4.69, 9.17) is 4.74 Å². The number of ether oxygens (including phenoxy) is 1. The molecule has 206 valence electrons. The molecule has 1 saturated carbocycles. The van der Waals surface area contributed by atoms with Gasteiger partial charge in [0.05, 0.1) is 22.9 Å². The number of anilines is 1. The van der Waals surface area contributed by atoms with Gasteiger partial charge in [-0.2, -0.15) is 0 Å². The van der Waals surface area contributed by atoms with Crippen molar-refractivity contribution in [3.8, 4) is 0 Å². The SMILES string of the molecule is CCOC(=O)c1cnc2c(ccn2S(=O)(=O)c2ccc(C)cc2)c1N(C)C1CCC(CS(=O)(=O)NC)CC1. The van der Waals surface area contributed by atoms with Gasteiger partial charge in [0.2, 0.25) is 10.0 Å². The monoisotopic (exact) mass is 562 g/mol. The molecule has 1 aliphatic carbocycles. The number of fused-ring (bicyclic) bond motifs is 1. The Kier molecular flexibility index (Phi) is 8.15. The van der Waals surface area contributed by atoms with E-state index in [0.717, 1.165) is 35.2 Å². The first kappa shape index (κ1) is 28.1. The van der Waals surface area contributed by atoms with Crippen molar-refractivity contribution in [3.63, 3.8) is 0 Å². The third kappa shape index (κ3) is 5.57. The van der Waals surface area contributed by atoms with Crippen molar-refractivity contribution in [2.75, 3.05) is 31.4 Å². The maximum Gasteiger partial charge on any atom is 0.341 e. The quantitative estimate of drug-likeness (QED) is 0.394. The standard InChI is InChI=1S/C26H34N4O6S2/c1-5-36-26(31)23-16-28-25-22(14-15-30(25)38(34,35)21-12-6-18(2)7-13-21)24(23)29(4)20-10-8-19(9-11-20)17-37(32,33)27-3/h6-7,12-16,19-20,27H,5,8-11,17H2,1-4H3. The fourth-order valence-electron chi connectivity index (χ4n) is 5.08. The lowest BCUT2D eigenvalue weighted by Gasteiger charge is -2.36. The molecule has 2 heterocycles. The number of benzene rings is 1. The normalized spacial score (nSPS) is 18.4. The van der Waals surface area contributed by atoms with Crippen LogP contribution in [0.2, 0.25) is 0 Å². The number of carbonyl (C=O) groups is 1. The van der Waals surface area contributed by atoms with Gasteiger partial charge in [0.1, 0.15) is 5.56 Å². The van der Waals surface area contributed by atoms with Crippen LogP contribution in [0.4, 0.5) is 5.69 Å². The molecule has 1 aromatic carbocycles. The van der Waals surface area contributed by atoms with Gasteiger partial charge in [0, 0.05) is 30.9 Å². The van der Waals surface area contributed by atoms with E-state index in [0.29, 0.717) is 11.1 Å². The largest absolute Gasteiger partial charge is 0.462 e. The molecular weight excluding hydrogens is 528 g/mol. The summed E-state index contributed by atoms with van der Waals surface area (Å²) in [5.41, 5.74) is 1.97. The van der Waals surface area contributed by atoms with Crippen molar-refractivity contribution in [1.82, 2.24) is 13.7 Å². The zero-order chi connectivity index (χ0) is 27.7. The zero-order valence-corrected chi connectivity index (χ0v) is 23.7. The van der Waals surface area contributed by atoms with Crippen LogP contribution < -0.4 is 9.62 Å². The summed E-state index contributed by atoms with van der Waals surface area (Å²) in [5, 5.41) is 0.522. The molecule has 0 unspecified atom stereocenters. The zero-order valence-electron chi connectivity index (χ0n) is 22.0. The average Bonchev–Trinajstić information content (AvgIpc) is 3.33. The number of aryl methyl sites for hydroxylation is 1. The summed E-state index contributed by atoms with van der Waals surface area (Å²) in [6.07, 6.45) is 5.74. The van der Waals surface area contributed by atoms with E-state index >= 15 is 0 Å². The molecule has 0 bridgehead atoms. The molecule has 0 aliphatic heterocycles. The summed E-state index contributed by atoms with van der Waals surface area (Å²) < 4.78 is 59.7. The van der Waals surface area contributed by atoms with Gasteiger partial charge in [-0.05, 0) is 70.7 Å². The minimum atomic E-state index is -3.92. The van der Waals surface area contributed by atoms with Gasteiger partial charge in [-0.15, -0.1) is 0 Å². The Morgan fingerprint density at radius 1 is 1.11 bits per heavy atom. The van der Waals surface area contributed by atoms with E-state index in [2.05, 4.69) is 9.71 Å². The second-order valence-corrected chi connectivity index (χ2v) is 13.5. The number of hydrogen-bond acceptors (Lipinski definition) is 8. The summed E-state index contributed by atoms with van der Waals surface area (Å²) >= 11 is 0. The number of hydrogen-bond donors (Lipinski definition) is 1. The van der Waals surface area contributed by atoms with E-state index < -0.39 is 26.0 Å². The smallest absolute Gasteiger partial charge is 0.341 e. The van der Waals surface area contributed by atoms with Crippen molar-refractivity contribution in [1.29, 1.82) is 0 Å². The van der Waals surface area contributed by atoms with Crippen LogP contribution in [-0.4, -0.2) is 64.3 Å². The fraction of sp³-hybridized carbons (Fsp3) is 0.462. The van der Waals surface area contributed by atoms with Gasteiger partial charge in [0.15, 0.2) is 5.65 Å². The van der Waals surface area contributed by atoms with Gasteiger partial charge in [-0.3, -0.25) is 0 Å². The summed E-state index contributed by atoms with van der Waals surface area (Å²) in [6.45, 7) is 3.79. The second-order valence-electron chi connectivity index (χ2n) is 9.68. The molecule has 12 heteroatoms. The number of esters is 1. The van der Waals surface area contributed by atoms with Crippen LogP contribution in [0.3, 0.4) is 0 Å². The molecule has 38 heavy (non-hydrogen) atoms. The lowest BCUT2D eigenvalue weighted by Crippen LogP contribution is -2.38. The molecule has 0 amide bonds. The number of carbonyl (C=O) groups excluding carboxylic acids is 1. The highest BCUT2D eigenvalue weighted by molar-refractivity contribution is 7.90. The van der Waals surface area contributed by atoms with Crippen LogP contribution in [-0.2, 0) is 24.8 Å². The Hall–Kier alpha value is -2.96. The van der Waals surface area contributed by atoms with E-state index in [1.807, 2.05) is 18.9 Å². The molecule has 1 fully saturated rings. The molecule has 1 aliphatic rings. The molecule has 2 aromatic heterocycles. The first-order valence-electron chi connectivity index (χ1n) is 12.6. The maximum absolute atomic E-state index is 13.5. The molecule has 10 nitrogen and oxygen atoms in total. The Balaban J connectivity index is 1.73. The predicted molar refractivity (Wildman–Crippen MR) is 146 cm³/mol. The third-order valence-corrected chi connectivity index (χ3v) is 10.4.